The van der Waals surface area contributed by atoms with Crippen LogP contribution < -0.4 is 10.6 Å². The highest BCUT2D eigenvalue weighted by Crippen LogP contribution is 2.28. The van der Waals surface area contributed by atoms with Gasteiger partial charge in [0.1, 0.15) is 5.92 Å². The van der Waals surface area contributed by atoms with Crippen LogP contribution in [0.3, 0.4) is 0 Å². The Morgan fingerprint density at radius 2 is 1.82 bits per heavy atom. The SMILES string of the molecule is CC(C)CC(C(=O)NC(=O)[C@@H]1CCCC[C@@H]1NC(=O)c1ccccc1)c1nnc(SCCCN2CCOCC2)o1. The summed E-state index contributed by atoms with van der Waals surface area (Å²) in [5.41, 5.74) is 0.548. The van der Waals surface area contributed by atoms with Crippen LogP contribution in [0, 0.1) is 11.8 Å². The van der Waals surface area contributed by atoms with Crippen molar-refractivity contribution in [2.75, 3.05) is 38.6 Å². The zero-order chi connectivity index (χ0) is 28.3. The lowest BCUT2D eigenvalue weighted by molar-refractivity contribution is -0.135. The van der Waals surface area contributed by atoms with Crippen LogP contribution in [-0.4, -0.2) is 77.5 Å². The maximum absolute atomic E-state index is 13.4. The minimum Gasteiger partial charge on any atom is -0.415 e. The van der Waals surface area contributed by atoms with Crippen LogP contribution in [0.15, 0.2) is 40.0 Å². The molecule has 10 nitrogen and oxygen atoms in total. The van der Waals surface area contributed by atoms with Gasteiger partial charge in [0.05, 0.1) is 19.1 Å². The third-order valence-corrected chi connectivity index (χ3v) is 8.30. The van der Waals surface area contributed by atoms with E-state index in [9.17, 15) is 14.4 Å². The maximum atomic E-state index is 13.4. The molecular formula is C29H41N5O5S. The van der Waals surface area contributed by atoms with E-state index in [0.29, 0.717) is 30.0 Å². The van der Waals surface area contributed by atoms with Crippen LogP contribution in [0.25, 0.3) is 0 Å². The van der Waals surface area contributed by atoms with Crippen molar-refractivity contribution in [3.05, 3.63) is 41.8 Å². The van der Waals surface area contributed by atoms with Crippen molar-refractivity contribution in [3.8, 4) is 0 Å². The summed E-state index contributed by atoms with van der Waals surface area (Å²) in [6.07, 6.45) is 4.55. The minimum absolute atomic E-state index is 0.176. The summed E-state index contributed by atoms with van der Waals surface area (Å²) in [6, 6.07) is 8.62. The molecule has 40 heavy (non-hydrogen) atoms. The molecule has 1 unspecified atom stereocenters. The molecule has 2 heterocycles. The molecule has 0 bridgehead atoms. The first-order chi connectivity index (χ1) is 19.4. The quantitative estimate of drug-likeness (QED) is 0.290. The van der Waals surface area contributed by atoms with E-state index in [-0.39, 0.29) is 29.7 Å². The second-order valence-corrected chi connectivity index (χ2v) is 12.0. The van der Waals surface area contributed by atoms with Gasteiger partial charge in [0.25, 0.3) is 11.1 Å². The third-order valence-electron chi connectivity index (χ3n) is 7.39. The molecule has 2 fully saturated rings. The van der Waals surface area contributed by atoms with Crippen LogP contribution >= 0.6 is 11.8 Å². The summed E-state index contributed by atoms with van der Waals surface area (Å²) in [4.78, 5) is 41.8. The van der Waals surface area contributed by atoms with Crippen molar-refractivity contribution in [2.24, 2.45) is 11.8 Å². The van der Waals surface area contributed by atoms with Gasteiger partial charge in [-0.3, -0.25) is 24.6 Å². The van der Waals surface area contributed by atoms with Crippen LogP contribution in [0.1, 0.15) is 74.5 Å². The number of ether oxygens (including phenoxy) is 1. The first kappa shape index (κ1) is 30.2. The molecule has 11 heteroatoms. The number of morpholine rings is 1. The number of nitrogens with zero attached hydrogens (tertiary/aromatic N) is 3. The number of thioether (sulfide) groups is 1. The molecule has 3 amide bonds. The number of rotatable bonds is 12. The van der Waals surface area contributed by atoms with E-state index < -0.39 is 17.7 Å². The monoisotopic (exact) mass is 571 g/mol. The number of benzene rings is 1. The predicted octanol–water partition coefficient (Wildman–Crippen LogP) is 3.65. The molecule has 0 radical (unpaired) electrons. The average molecular weight is 572 g/mol. The highest BCUT2D eigenvalue weighted by Gasteiger charge is 2.35. The van der Waals surface area contributed by atoms with Crippen molar-refractivity contribution < 1.29 is 23.5 Å². The molecule has 218 valence electrons. The third kappa shape index (κ3) is 8.87. The Bertz CT molecular complexity index is 1110. The van der Waals surface area contributed by atoms with Gasteiger partial charge in [-0.25, -0.2) is 0 Å². The van der Waals surface area contributed by atoms with Crippen LogP contribution in [0.2, 0.25) is 0 Å². The molecule has 3 atom stereocenters. The summed E-state index contributed by atoms with van der Waals surface area (Å²) in [6.45, 7) is 8.50. The number of hydrogen-bond acceptors (Lipinski definition) is 9. The Morgan fingerprint density at radius 1 is 1.07 bits per heavy atom. The minimum atomic E-state index is -0.722. The zero-order valence-electron chi connectivity index (χ0n) is 23.5. The maximum Gasteiger partial charge on any atom is 0.276 e. The Kier molecular flexibility index (Phi) is 11.6. The molecule has 1 aliphatic heterocycles. The Hall–Kier alpha value is -2.76. The van der Waals surface area contributed by atoms with Gasteiger partial charge in [-0.15, -0.1) is 10.2 Å². The molecule has 1 aliphatic carbocycles. The summed E-state index contributed by atoms with van der Waals surface area (Å²) in [5, 5.41) is 14.4. The molecule has 4 rings (SSSR count). The Morgan fingerprint density at radius 3 is 2.58 bits per heavy atom. The molecular weight excluding hydrogens is 530 g/mol. The normalized spacial score (nSPS) is 20.7. The fraction of sp³-hybridized carbons (Fsp3) is 0.621. The predicted molar refractivity (Wildman–Crippen MR) is 152 cm³/mol. The fourth-order valence-electron chi connectivity index (χ4n) is 5.24. The molecule has 0 spiro atoms. The van der Waals surface area contributed by atoms with E-state index in [4.69, 9.17) is 9.15 Å². The van der Waals surface area contributed by atoms with Crippen molar-refractivity contribution >= 4 is 29.5 Å². The van der Waals surface area contributed by atoms with Crippen LogP contribution in [0.4, 0.5) is 0 Å². The van der Waals surface area contributed by atoms with Gasteiger partial charge in [-0.05, 0) is 50.3 Å². The van der Waals surface area contributed by atoms with Crippen molar-refractivity contribution in [1.82, 2.24) is 25.7 Å². The summed E-state index contributed by atoms with van der Waals surface area (Å²) >= 11 is 1.48. The topological polar surface area (TPSA) is 127 Å². The molecule has 1 saturated heterocycles. The largest absolute Gasteiger partial charge is 0.415 e. The van der Waals surface area contributed by atoms with E-state index in [2.05, 4.69) is 25.7 Å². The van der Waals surface area contributed by atoms with Crippen molar-refractivity contribution in [3.63, 3.8) is 0 Å². The van der Waals surface area contributed by atoms with Gasteiger partial charge in [0.15, 0.2) is 0 Å². The number of amides is 3. The van der Waals surface area contributed by atoms with Gasteiger partial charge in [-0.1, -0.05) is 56.7 Å². The summed E-state index contributed by atoms with van der Waals surface area (Å²) < 4.78 is 11.3. The van der Waals surface area contributed by atoms with Gasteiger partial charge >= 0.3 is 0 Å². The van der Waals surface area contributed by atoms with Crippen molar-refractivity contribution in [2.45, 2.75) is 69.6 Å². The van der Waals surface area contributed by atoms with E-state index in [1.54, 1.807) is 24.3 Å². The summed E-state index contributed by atoms with van der Waals surface area (Å²) in [5.74, 6) is -0.988. The standard InChI is InChI=1S/C29H41N5O5S/c1-20(2)19-23(28-32-33-29(39-28)40-18-8-13-34-14-16-38-17-15-34)27(37)31-26(36)22-11-6-7-12-24(22)30-25(35)21-9-4-3-5-10-21/h3-5,9-10,20,22-24H,6-8,11-19H2,1-2H3,(H,30,35)(H,31,36,37)/t22-,23?,24+/m1/s1. The highest BCUT2D eigenvalue weighted by atomic mass is 32.2. The number of hydrogen-bond donors (Lipinski definition) is 2. The van der Waals surface area contributed by atoms with E-state index >= 15 is 0 Å². The fourth-order valence-corrected chi connectivity index (χ4v) is 5.93. The van der Waals surface area contributed by atoms with Gasteiger partial charge < -0.3 is 14.5 Å². The van der Waals surface area contributed by atoms with Gasteiger partial charge in [0.2, 0.25) is 17.7 Å². The zero-order valence-corrected chi connectivity index (χ0v) is 24.3. The lowest BCUT2D eigenvalue weighted by Crippen LogP contribution is -2.50. The second-order valence-electron chi connectivity index (χ2n) is 10.9. The number of carbonyl (C=O) groups is 3. The van der Waals surface area contributed by atoms with Gasteiger partial charge in [0, 0.05) is 30.4 Å². The number of imide groups is 1. The molecule has 1 saturated carbocycles. The average Bonchev–Trinajstić information content (AvgIpc) is 3.43. The smallest absolute Gasteiger partial charge is 0.276 e. The Balaban J connectivity index is 1.33. The number of nitrogens with one attached hydrogen (secondary N) is 2. The summed E-state index contributed by atoms with van der Waals surface area (Å²) in [7, 11) is 0. The second kappa shape index (κ2) is 15.3. The lowest BCUT2D eigenvalue weighted by Gasteiger charge is -2.31. The highest BCUT2D eigenvalue weighted by molar-refractivity contribution is 7.99. The van der Waals surface area contributed by atoms with E-state index in [1.807, 2.05) is 19.9 Å². The Labute approximate surface area is 240 Å². The first-order valence-corrected chi connectivity index (χ1v) is 15.4. The molecule has 2 aromatic rings. The number of aromatic nitrogens is 2. The lowest BCUT2D eigenvalue weighted by atomic mass is 9.83. The molecule has 1 aromatic carbocycles. The van der Waals surface area contributed by atoms with Crippen molar-refractivity contribution in [1.29, 1.82) is 0 Å². The first-order valence-electron chi connectivity index (χ1n) is 14.4. The molecule has 2 aliphatic rings. The van der Waals surface area contributed by atoms with Crippen LogP contribution in [0.5, 0.6) is 0 Å². The number of carbonyl (C=O) groups excluding carboxylic acids is 3. The van der Waals surface area contributed by atoms with E-state index in [0.717, 1.165) is 57.9 Å². The van der Waals surface area contributed by atoms with E-state index in [1.165, 1.54) is 11.8 Å². The van der Waals surface area contributed by atoms with Gasteiger partial charge in [-0.2, -0.15) is 0 Å². The molecule has 1 aromatic heterocycles. The molecule has 2 N–H and O–H groups in total. The van der Waals surface area contributed by atoms with Crippen LogP contribution in [-0.2, 0) is 14.3 Å².